The third kappa shape index (κ3) is 5.70. The van der Waals surface area contributed by atoms with E-state index >= 15 is 0 Å². The van der Waals surface area contributed by atoms with Crippen molar-refractivity contribution in [3.63, 3.8) is 0 Å². The minimum absolute atomic E-state index is 0.0290. The third-order valence-corrected chi connectivity index (χ3v) is 7.49. The van der Waals surface area contributed by atoms with Gasteiger partial charge in [-0.1, -0.05) is 70.4 Å². The molecule has 7 heteroatoms. The number of methoxy groups -OCH3 is 1. The maximum absolute atomic E-state index is 6.17. The molecule has 0 aliphatic rings. The Morgan fingerprint density at radius 1 is 1.06 bits per heavy atom. The number of fused-ring (bicyclic) bond motifs is 1. The molecule has 0 aliphatic heterocycles. The molecule has 0 radical (unpaired) electrons. The number of aryl methyl sites for hydroxylation is 1. The molecule has 0 unspecified atom stereocenters. The highest BCUT2D eigenvalue weighted by Crippen LogP contribution is 2.44. The Morgan fingerprint density at radius 3 is 2.37 bits per heavy atom. The van der Waals surface area contributed by atoms with Crippen molar-refractivity contribution in [2.75, 3.05) is 7.11 Å². The quantitative estimate of drug-likeness (QED) is 0.227. The highest BCUT2D eigenvalue weighted by atomic mass is 35.5. The zero-order chi connectivity index (χ0) is 25.4. The first-order valence-corrected chi connectivity index (χ1v) is 13.2. The fourth-order valence-electron chi connectivity index (χ4n) is 4.20. The summed E-state index contributed by atoms with van der Waals surface area (Å²) < 4.78 is 13.8. The van der Waals surface area contributed by atoms with Crippen molar-refractivity contribution < 1.29 is 9.26 Å². The van der Waals surface area contributed by atoms with E-state index in [1.54, 1.807) is 7.11 Å². The Morgan fingerprint density at radius 2 is 1.77 bits per heavy atom. The van der Waals surface area contributed by atoms with Crippen molar-refractivity contribution in [2.24, 2.45) is 0 Å². The Balaban J connectivity index is 1.91. The summed E-state index contributed by atoms with van der Waals surface area (Å²) in [4.78, 5) is 5.94. The SMILES string of the molecule is CCc1noc(C(C)(C)Cc2c(SC(C)(C)C)c3cc(OC)ccc3n2Cc2ccc(Cl)cc2)n1. The van der Waals surface area contributed by atoms with E-state index in [1.165, 1.54) is 27.1 Å². The molecule has 0 atom stereocenters. The van der Waals surface area contributed by atoms with Gasteiger partial charge in [-0.2, -0.15) is 4.98 Å². The molecule has 0 bridgehead atoms. The lowest BCUT2D eigenvalue weighted by molar-refractivity contribution is 0.300. The monoisotopic (exact) mass is 511 g/mol. The van der Waals surface area contributed by atoms with Gasteiger partial charge in [-0.25, -0.2) is 0 Å². The predicted octanol–water partition coefficient (Wildman–Crippen LogP) is 7.71. The molecule has 5 nitrogen and oxygen atoms in total. The van der Waals surface area contributed by atoms with E-state index in [0.717, 1.165) is 36.0 Å². The van der Waals surface area contributed by atoms with Crippen molar-refractivity contribution >= 4 is 34.3 Å². The van der Waals surface area contributed by atoms with Crippen LogP contribution in [-0.4, -0.2) is 26.6 Å². The van der Waals surface area contributed by atoms with Gasteiger partial charge in [0, 0.05) is 56.1 Å². The standard InChI is InChI=1S/C28H34ClN3O2S/c1-8-24-30-26(34-31-24)28(5,6)16-23-25(35-27(2,3)4)21-15-20(33-7)13-14-22(21)32(23)17-18-9-11-19(29)12-10-18/h9-15H,8,16-17H2,1-7H3. The predicted molar refractivity (Wildman–Crippen MR) is 145 cm³/mol. The second-order valence-corrected chi connectivity index (χ2v) is 12.8. The molecule has 0 saturated carbocycles. The summed E-state index contributed by atoms with van der Waals surface area (Å²) in [6.45, 7) is 13.9. The second kappa shape index (κ2) is 9.90. The maximum Gasteiger partial charge on any atom is 0.232 e. The van der Waals surface area contributed by atoms with E-state index in [2.05, 4.69) is 73.6 Å². The molecule has 0 fully saturated rings. The van der Waals surface area contributed by atoms with Gasteiger partial charge in [0.2, 0.25) is 5.89 Å². The van der Waals surface area contributed by atoms with E-state index in [0.29, 0.717) is 5.89 Å². The molecule has 2 aromatic heterocycles. The second-order valence-electron chi connectivity index (χ2n) is 10.5. The average molecular weight is 512 g/mol. The van der Waals surface area contributed by atoms with Gasteiger partial charge in [0.1, 0.15) is 5.75 Å². The van der Waals surface area contributed by atoms with Gasteiger partial charge < -0.3 is 13.8 Å². The van der Waals surface area contributed by atoms with Crippen LogP contribution < -0.4 is 4.74 Å². The van der Waals surface area contributed by atoms with Gasteiger partial charge in [0.25, 0.3) is 0 Å². The van der Waals surface area contributed by atoms with Crippen molar-refractivity contribution in [2.45, 2.75) is 76.0 Å². The molecule has 0 spiro atoms. The summed E-state index contributed by atoms with van der Waals surface area (Å²) in [5.41, 5.74) is 3.28. The maximum atomic E-state index is 6.17. The summed E-state index contributed by atoms with van der Waals surface area (Å²) in [5.74, 6) is 2.26. The van der Waals surface area contributed by atoms with Gasteiger partial charge >= 0.3 is 0 Å². The minimum atomic E-state index is -0.343. The van der Waals surface area contributed by atoms with Gasteiger partial charge in [-0.15, -0.1) is 11.8 Å². The van der Waals surface area contributed by atoms with E-state index in [4.69, 9.17) is 20.9 Å². The summed E-state index contributed by atoms with van der Waals surface area (Å²) in [5, 5.41) is 6.10. The topological polar surface area (TPSA) is 53.1 Å². The molecular weight excluding hydrogens is 478 g/mol. The first-order chi connectivity index (χ1) is 16.5. The van der Waals surface area contributed by atoms with Crippen molar-refractivity contribution in [1.82, 2.24) is 14.7 Å². The number of hydrogen-bond acceptors (Lipinski definition) is 5. The van der Waals surface area contributed by atoms with E-state index in [9.17, 15) is 0 Å². The lowest BCUT2D eigenvalue weighted by Crippen LogP contribution is -2.24. The number of benzene rings is 2. The summed E-state index contributed by atoms with van der Waals surface area (Å²) in [7, 11) is 1.72. The van der Waals surface area contributed by atoms with Crippen LogP contribution in [0.5, 0.6) is 5.75 Å². The molecule has 0 aliphatic carbocycles. The van der Waals surface area contributed by atoms with E-state index < -0.39 is 0 Å². The van der Waals surface area contributed by atoms with Crippen LogP contribution in [0, 0.1) is 0 Å². The fourth-order valence-corrected chi connectivity index (χ4v) is 5.51. The van der Waals surface area contributed by atoms with Gasteiger partial charge in [-0.05, 0) is 35.9 Å². The number of ether oxygens (including phenoxy) is 1. The molecule has 0 saturated heterocycles. The average Bonchev–Trinajstić information content (AvgIpc) is 3.39. The molecule has 4 aromatic rings. The van der Waals surface area contributed by atoms with Crippen LogP contribution in [0.25, 0.3) is 10.9 Å². The van der Waals surface area contributed by atoms with Gasteiger partial charge in [0.15, 0.2) is 5.82 Å². The largest absolute Gasteiger partial charge is 0.497 e. The summed E-state index contributed by atoms with van der Waals surface area (Å²) in [6, 6.07) is 14.4. The number of rotatable bonds is 8. The Bertz CT molecular complexity index is 1320. The highest BCUT2D eigenvalue weighted by molar-refractivity contribution is 8.00. The van der Waals surface area contributed by atoms with Crippen molar-refractivity contribution in [3.8, 4) is 5.75 Å². The zero-order valence-electron chi connectivity index (χ0n) is 21.6. The highest BCUT2D eigenvalue weighted by Gasteiger charge is 2.33. The Hall–Kier alpha value is -2.44. The number of aromatic nitrogens is 3. The molecule has 4 rings (SSSR count). The minimum Gasteiger partial charge on any atom is -0.497 e. The molecule has 2 aromatic carbocycles. The molecule has 35 heavy (non-hydrogen) atoms. The summed E-state index contributed by atoms with van der Waals surface area (Å²) >= 11 is 8.06. The first kappa shape index (κ1) is 25.6. The molecule has 0 N–H and O–H groups in total. The smallest absolute Gasteiger partial charge is 0.232 e. The molecule has 2 heterocycles. The van der Waals surface area contributed by atoms with E-state index in [-0.39, 0.29) is 10.2 Å². The van der Waals surface area contributed by atoms with Crippen molar-refractivity contribution in [1.29, 1.82) is 0 Å². The van der Waals surface area contributed by atoms with Gasteiger partial charge in [0.05, 0.1) is 7.11 Å². The van der Waals surface area contributed by atoms with Crippen LogP contribution in [-0.2, 0) is 24.8 Å². The normalized spacial score (nSPS) is 12.5. The Kier molecular flexibility index (Phi) is 7.26. The van der Waals surface area contributed by atoms with E-state index in [1.807, 2.05) is 36.9 Å². The number of halogens is 1. The van der Waals surface area contributed by atoms with Crippen LogP contribution in [0.3, 0.4) is 0 Å². The number of nitrogens with zero attached hydrogens (tertiary/aromatic N) is 3. The lowest BCUT2D eigenvalue weighted by Gasteiger charge is -2.24. The molecule has 186 valence electrons. The summed E-state index contributed by atoms with van der Waals surface area (Å²) in [6.07, 6.45) is 1.50. The first-order valence-electron chi connectivity index (χ1n) is 12.0. The van der Waals surface area contributed by atoms with Crippen molar-refractivity contribution in [3.05, 3.63) is 70.5 Å². The van der Waals surface area contributed by atoms with Crippen LogP contribution in [0.2, 0.25) is 5.02 Å². The number of hydrogen-bond donors (Lipinski definition) is 0. The van der Waals surface area contributed by atoms with Crippen LogP contribution >= 0.6 is 23.4 Å². The van der Waals surface area contributed by atoms with Crippen LogP contribution in [0.1, 0.15) is 64.5 Å². The van der Waals surface area contributed by atoms with Crippen LogP contribution in [0.4, 0.5) is 0 Å². The van der Waals surface area contributed by atoms with Gasteiger partial charge in [-0.3, -0.25) is 0 Å². The molecular formula is C28H34ClN3O2S. The Labute approximate surface area is 217 Å². The zero-order valence-corrected chi connectivity index (χ0v) is 23.2. The number of thioether (sulfide) groups is 1. The third-order valence-electron chi connectivity index (χ3n) is 5.96. The lowest BCUT2D eigenvalue weighted by atomic mass is 9.87. The fraction of sp³-hybridized carbons (Fsp3) is 0.429. The molecule has 0 amide bonds. The van der Waals surface area contributed by atoms with Crippen LogP contribution in [0.15, 0.2) is 51.9 Å².